The Kier molecular flexibility index (Phi) is 7.85. The molecule has 0 radical (unpaired) electrons. The molecule has 0 aliphatic carbocycles. The monoisotopic (exact) mass is 297 g/mol. The maximum atomic E-state index is 11.8. The molecule has 6 heteroatoms. The van der Waals surface area contributed by atoms with Crippen molar-refractivity contribution in [2.75, 3.05) is 26.4 Å². The fraction of sp³-hybridized carbons (Fsp3) is 0.667. The highest BCUT2D eigenvalue weighted by molar-refractivity contribution is 6.13. The van der Waals surface area contributed by atoms with Gasteiger partial charge >= 0.3 is 0 Å². The van der Waals surface area contributed by atoms with E-state index in [1.165, 1.54) is 12.2 Å². The van der Waals surface area contributed by atoms with Gasteiger partial charge in [-0.2, -0.15) is 0 Å². The minimum absolute atomic E-state index is 0.0173. The molecule has 1 rings (SSSR count). The van der Waals surface area contributed by atoms with Gasteiger partial charge in [0, 0.05) is 44.8 Å². The first-order chi connectivity index (χ1) is 10.1. The Morgan fingerprint density at radius 2 is 1.81 bits per heavy atom. The molecular weight excluding hydrogens is 274 g/mol. The van der Waals surface area contributed by atoms with Crippen LogP contribution in [0.4, 0.5) is 0 Å². The maximum absolute atomic E-state index is 11.8. The standard InChI is InChI=1S/C15H23NO5/c1-3-20-11-13(21-4-2)6-5-12(17)9-10-16-14(18)7-8-15(16)19/h7-8,13H,3-6,9-11H2,1-2H3. The van der Waals surface area contributed by atoms with Crippen molar-refractivity contribution in [2.45, 2.75) is 39.2 Å². The summed E-state index contributed by atoms with van der Waals surface area (Å²) in [6.45, 7) is 5.63. The summed E-state index contributed by atoms with van der Waals surface area (Å²) in [5, 5.41) is 0. The van der Waals surface area contributed by atoms with E-state index in [2.05, 4.69) is 0 Å². The zero-order valence-electron chi connectivity index (χ0n) is 12.7. The van der Waals surface area contributed by atoms with E-state index in [1.54, 1.807) is 0 Å². The van der Waals surface area contributed by atoms with Crippen LogP contribution in [-0.2, 0) is 23.9 Å². The van der Waals surface area contributed by atoms with Gasteiger partial charge in [-0.25, -0.2) is 0 Å². The Labute approximate surface area is 125 Å². The Hall–Kier alpha value is -1.53. The highest BCUT2D eigenvalue weighted by atomic mass is 16.5. The lowest BCUT2D eigenvalue weighted by molar-refractivity contribution is -0.137. The molecule has 1 unspecified atom stereocenters. The number of carbonyl (C=O) groups is 3. The molecular formula is C15H23NO5. The summed E-state index contributed by atoms with van der Waals surface area (Å²) in [4.78, 5) is 35.6. The van der Waals surface area contributed by atoms with Gasteiger partial charge in [-0.15, -0.1) is 0 Å². The molecule has 1 heterocycles. The number of ketones is 1. The van der Waals surface area contributed by atoms with Gasteiger partial charge in [0.15, 0.2) is 0 Å². The zero-order valence-corrected chi connectivity index (χ0v) is 12.7. The van der Waals surface area contributed by atoms with E-state index < -0.39 is 0 Å². The van der Waals surface area contributed by atoms with Gasteiger partial charge in [0.2, 0.25) is 0 Å². The summed E-state index contributed by atoms with van der Waals surface area (Å²) in [6, 6.07) is 0. The molecule has 6 nitrogen and oxygen atoms in total. The highest BCUT2D eigenvalue weighted by Gasteiger charge is 2.23. The number of rotatable bonds is 11. The first-order valence-corrected chi connectivity index (χ1v) is 7.33. The van der Waals surface area contributed by atoms with Gasteiger partial charge in [0.05, 0.1) is 12.7 Å². The van der Waals surface area contributed by atoms with Crippen molar-refractivity contribution >= 4 is 17.6 Å². The molecule has 1 aliphatic rings. The second-order valence-electron chi connectivity index (χ2n) is 4.73. The van der Waals surface area contributed by atoms with Crippen molar-refractivity contribution in [1.82, 2.24) is 4.90 Å². The van der Waals surface area contributed by atoms with Crippen LogP contribution >= 0.6 is 0 Å². The molecule has 118 valence electrons. The third kappa shape index (κ3) is 6.18. The van der Waals surface area contributed by atoms with Crippen LogP contribution in [0.2, 0.25) is 0 Å². The van der Waals surface area contributed by atoms with Crippen LogP contribution in [0.15, 0.2) is 12.2 Å². The fourth-order valence-corrected chi connectivity index (χ4v) is 2.03. The number of carbonyl (C=O) groups excluding carboxylic acids is 3. The van der Waals surface area contributed by atoms with E-state index in [4.69, 9.17) is 9.47 Å². The van der Waals surface area contributed by atoms with Gasteiger partial charge < -0.3 is 9.47 Å². The Morgan fingerprint density at radius 3 is 2.38 bits per heavy atom. The molecule has 0 N–H and O–H groups in total. The smallest absolute Gasteiger partial charge is 0.253 e. The average Bonchev–Trinajstić information content (AvgIpc) is 2.78. The highest BCUT2D eigenvalue weighted by Crippen LogP contribution is 2.08. The summed E-state index contributed by atoms with van der Waals surface area (Å²) in [6.07, 6.45) is 3.50. The topological polar surface area (TPSA) is 72.9 Å². The van der Waals surface area contributed by atoms with E-state index >= 15 is 0 Å². The molecule has 21 heavy (non-hydrogen) atoms. The normalized spacial score (nSPS) is 15.8. The molecule has 1 atom stereocenters. The molecule has 2 amide bonds. The lowest BCUT2D eigenvalue weighted by Gasteiger charge is -2.17. The molecule has 1 aliphatic heterocycles. The third-order valence-electron chi connectivity index (χ3n) is 3.17. The van der Waals surface area contributed by atoms with Crippen LogP contribution in [0.1, 0.15) is 33.1 Å². The zero-order chi connectivity index (χ0) is 15.7. The van der Waals surface area contributed by atoms with Crippen LogP contribution in [-0.4, -0.2) is 55.0 Å². The third-order valence-corrected chi connectivity index (χ3v) is 3.17. The summed E-state index contributed by atoms with van der Waals surface area (Å²) in [7, 11) is 0. The summed E-state index contributed by atoms with van der Waals surface area (Å²) < 4.78 is 10.8. The summed E-state index contributed by atoms with van der Waals surface area (Å²) in [5.74, 6) is -0.684. The Morgan fingerprint density at radius 1 is 1.14 bits per heavy atom. The van der Waals surface area contributed by atoms with E-state index in [9.17, 15) is 14.4 Å². The van der Waals surface area contributed by atoms with Crippen LogP contribution < -0.4 is 0 Å². The van der Waals surface area contributed by atoms with E-state index in [1.807, 2.05) is 13.8 Å². The number of hydrogen-bond donors (Lipinski definition) is 0. The minimum Gasteiger partial charge on any atom is -0.379 e. The van der Waals surface area contributed by atoms with Crippen molar-refractivity contribution in [3.05, 3.63) is 12.2 Å². The van der Waals surface area contributed by atoms with Crippen molar-refractivity contribution in [3.63, 3.8) is 0 Å². The molecule has 0 saturated heterocycles. The number of ether oxygens (including phenoxy) is 2. The number of Topliss-reactive ketones (excluding diaryl/α,β-unsaturated/α-hetero) is 1. The number of nitrogens with zero attached hydrogens (tertiary/aromatic N) is 1. The van der Waals surface area contributed by atoms with Gasteiger partial charge in [0.25, 0.3) is 11.8 Å². The van der Waals surface area contributed by atoms with Crippen LogP contribution in [0.25, 0.3) is 0 Å². The molecule has 0 aromatic heterocycles. The van der Waals surface area contributed by atoms with Crippen molar-refractivity contribution in [3.8, 4) is 0 Å². The summed E-state index contributed by atoms with van der Waals surface area (Å²) >= 11 is 0. The van der Waals surface area contributed by atoms with E-state index in [0.717, 1.165) is 4.90 Å². The molecule has 0 fully saturated rings. The van der Waals surface area contributed by atoms with Gasteiger partial charge in [-0.05, 0) is 20.3 Å². The molecule has 0 saturated carbocycles. The first-order valence-electron chi connectivity index (χ1n) is 7.33. The number of imide groups is 1. The largest absolute Gasteiger partial charge is 0.379 e. The predicted octanol–water partition coefficient (Wildman–Crippen LogP) is 1.09. The van der Waals surface area contributed by atoms with Crippen LogP contribution in [0, 0.1) is 0 Å². The molecule has 0 aromatic carbocycles. The van der Waals surface area contributed by atoms with Crippen LogP contribution in [0.3, 0.4) is 0 Å². The molecule has 0 spiro atoms. The number of hydrogen-bond acceptors (Lipinski definition) is 5. The van der Waals surface area contributed by atoms with Crippen LogP contribution in [0.5, 0.6) is 0 Å². The van der Waals surface area contributed by atoms with E-state index in [0.29, 0.717) is 32.7 Å². The minimum atomic E-state index is -0.351. The van der Waals surface area contributed by atoms with Crippen molar-refractivity contribution in [1.29, 1.82) is 0 Å². The van der Waals surface area contributed by atoms with Gasteiger partial charge in [-0.1, -0.05) is 0 Å². The van der Waals surface area contributed by atoms with Gasteiger partial charge in [0.1, 0.15) is 5.78 Å². The second-order valence-corrected chi connectivity index (χ2v) is 4.73. The lowest BCUT2D eigenvalue weighted by Crippen LogP contribution is -2.32. The lowest BCUT2D eigenvalue weighted by atomic mass is 10.1. The first kappa shape index (κ1) is 17.5. The number of amides is 2. The second kappa shape index (κ2) is 9.41. The molecule has 0 aromatic rings. The van der Waals surface area contributed by atoms with Crippen molar-refractivity contribution in [2.24, 2.45) is 0 Å². The van der Waals surface area contributed by atoms with Gasteiger partial charge in [-0.3, -0.25) is 19.3 Å². The van der Waals surface area contributed by atoms with Crippen molar-refractivity contribution < 1.29 is 23.9 Å². The molecule has 0 bridgehead atoms. The average molecular weight is 297 g/mol. The predicted molar refractivity (Wildman–Crippen MR) is 76.6 cm³/mol. The SMILES string of the molecule is CCOCC(CCC(=O)CCN1C(=O)C=CC1=O)OCC. The quantitative estimate of drug-likeness (QED) is 0.534. The Bertz CT molecular complexity index is 387. The summed E-state index contributed by atoms with van der Waals surface area (Å²) in [5.41, 5.74) is 0. The Balaban J connectivity index is 2.26. The fourth-order valence-electron chi connectivity index (χ4n) is 2.03. The van der Waals surface area contributed by atoms with E-state index in [-0.39, 0.29) is 36.7 Å². The maximum Gasteiger partial charge on any atom is 0.253 e.